The number of nitrogens with zero attached hydrogens (tertiary/aromatic N) is 2. The molecule has 29 heavy (non-hydrogen) atoms. The van der Waals surface area contributed by atoms with Crippen LogP contribution in [0.15, 0.2) is 55.1 Å². The SMILES string of the molecule is C=C1c2ccccc2C(=O)N1CC(=O)Nc1ccc(CCN2CCOCC2)cc1. The van der Waals surface area contributed by atoms with Crippen molar-refractivity contribution in [2.45, 2.75) is 6.42 Å². The van der Waals surface area contributed by atoms with E-state index < -0.39 is 0 Å². The number of rotatable bonds is 6. The Morgan fingerprint density at radius 2 is 1.72 bits per heavy atom. The Kier molecular flexibility index (Phi) is 5.74. The van der Waals surface area contributed by atoms with Crippen LogP contribution < -0.4 is 5.32 Å². The van der Waals surface area contributed by atoms with Crippen LogP contribution in [0.5, 0.6) is 0 Å². The standard InChI is InChI=1S/C23H25N3O3/c1-17-20-4-2-3-5-21(20)23(28)26(17)16-22(27)24-19-8-6-18(7-9-19)10-11-25-12-14-29-15-13-25/h2-9H,1,10-16H2,(H,24,27). The number of fused-ring (bicyclic) bond motifs is 1. The van der Waals surface area contributed by atoms with Crippen LogP contribution in [-0.2, 0) is 16.0 Å². The zero-order valence-corrected chi connectivity index (χ0v) is 16.4. The molecular formula is C23H25N3O3. The van der Waals surface area contributed by atoms with Crippen molar-refractivity contribution in [3.63, 3.8) is 0 Å². The Bertz CT molecular complexity index is 882. The highest BCUT2D eigenvalue weighted by atomic mass is 16.5. The fourth-order valence-corrected chi connectivity index (χ4v) is 3.71. The molecule has 0 aliphatic carbocycles. The van der Waals surface area contributed by atoms with Crippen molar-refractivity contribution in [2.75, 3.05) is 44.7 Å². The molecule has 0 aromatic heterocycles. The number of carbonyl (C=O) groups is 2. The van der Waals surface area contributed by atoms with Gasteiger partial charge in [-0.2, -0.15) is 0 Å². The Morgan fingerprint density at radius 1 is 1.03 bits per heavy atom. The predicted octanol–water partition coefficient (Wildman–Crippen LogP) is 2.63. The smallest absolute Gasteiger partial charge is 0.259 e. The summed E-state index contributed by atoms with van der Waals surface area (Å²) >= 11 is 0. The van der Waals surface area contributed by atoms with Gasteiger partial charge < -0.3 is 10.1 Å². The Labute approximate surface area is 170 Å². The van der Waals surface area contributed by atoms with Crippen LogP contribution in [0.2, 0.25) is 0 Å². The first-order valence-electron chi connectivity index (χ1n) is 9.91. The largest absolute Gasteiger partial charge is 0.379 e. The first-order valence-corrected chi connectivity index (χ1v) is 9.91. The summed E-state index contributed by atoms with van der Waals surface area (Å²) < 4.78 is 5.37. The number of ether oxygens (including phenoxy) is 1. The van der Waals surface area contributed by atoms with E-state index in [9.17, 15) is 9.59 Å². The highest BCUT2D eigenvalue weighted by Crippen LogP contribution is 2.30. The Morgan fingerprint density at radius 3 is 2.41 bits per heavy atom. The lowest BCUT2D eigenvalue weighted by Crippen LogP contribution is -2.37. The minimum Gasteiger partial charge on any atom is -0.379 e. The number of amides is 2. The maximum absolute atomic E-state index is 12.5. The van der Waals surface area contributed by atoms with Gasteiger partial charge in [0.15, 0.2) is 0 Å². The average Bonchev–Trinajstić information content (AvgIpc) is 2.99. The molecular weight excluding hydrogens is 366 g/mol. The van der Waals surface area contributed by atoms with Gasteiger partial charge in [-0.25, -0.2) is 0 Å². The average molecular weight is 391 g/mol. The molecule has 4 rings (SSSR count). The first-order chi connectivity index (χ1) is 14.1. The third-order valence-corrected chi connectivity index (χ3v) is 5.40. The maximum atomic E-state index is 12.5. The molecule has 0 unspecified atom stereocenters. The fraction of sp³-hybridized carbons (Fsp3) is 0.304. The summed E-state index contributed by atoms with van der Waals surface area (Å²) in [4.78, 5) is 28.8. The van der Waals surface area contributed by atoms with Gasteiger partial charge in [0.2, 0.25) is 5.91 Å². The quantitative estimate of drug-likeness (QED) is 0.822. The van der Waals surface area contributed by atoms with Crippen LogP contribution in [0.4, 0.5) is 5.69 Å². The van der Waals surface area contributed by atoms with Gasteiger partial charge in [-0.15, -0.1) is 0 Å². The summed E-state index contributed by atoms with van der Waals surface area (Å²) in [5, 5.41) is 2.87. The van der Waals surface area contributed by atoms with Crippen LogP contribution in [0.3, 0.4) is 0 Å². The van der Waals surface area contributed by atoms with Gasteiger partial charge in [-0.3, -0.25) is 19.4 Å². The molecule has 0 saturated carbocycles. The van der Waals surface area contributed by atoms with Gasteiger partial charge in [0.25, 0.3) is 5.91 Å². The molecule has 150 valence electrons. The lowest BCUT2D eigenvalue weighted by atomic mass is 10.1. The highest BCUT2D eigenvalue weighted by Gasteiger charge is 2.31. The summed E-state index contributed by atoms with van der Waals surface area (Å²) in [6.45, 7) is 8.51. The predicted molar refractivity (Wildman–Crippen MR) is 113 cm³/mol. The zero-order chi connectivity index (χ0) is 20.2. The van der Waals surface area contributed by atoms with Crippen molar-refractivity contribution in [2.24, 2.45) is 0 Å². The van der Waals surface area contributed by atoms with Gasteiger partial charge in [-0.1, -0.05) is 36.9 Å². The molecule has 2 aliphatic rings. The van der Waals surface area contributed by atoms with E-state index in [1.54, 1.807) is 6.07 Å². The van der Waals surface area contributed by atoms with Crippen LogP contribution >= 0.6 is 0 Å². The van der Waals surface area contributed by atoms with E-state index >= 15 is 0 Å². The van der Waals surface area contributed by atoms with Gasteiger partial charge in [0.05, 0.1) is 13.2 Å². The lowest BCUT2D eigenvalue weighted by Gasteiger charge is -2.26. The van der Waals surface area contributed by atoms with Gasteiger partial charge >= 0.3 is 0 Å². The van der Waals surface area contributed by atoms with E-state index in [1.165, 1.54) is 10.5 Å². The molecule has 1 N–H and O–H groups in total. The number of hydrogen-bond donors (Lipinski definition) is 1. The number of anilines is 1. The van der Waals surface area contributed by atoms with Gasteiger partial charge in [0.1, 0.15) is 6.54 Å². The fourth-order valence-electron chi connectivity index (χ4n) is 3.71. The second-order valence-corrected chi connectivity index (χ2v) is 7.33. The molecule has 2 aromatic rings. The highest BCUT2D eigenvalue weighted by molar-refractivity contribution is 6.11. The molecule has 6 heteroatoms. The molecule has 2 heterocycles. The van der Waals surface area contributed by atoms with Crippen molar-refractivity contribution < 1.29 is 14.3 Å². The molecule has 0 atom stereocenters. The number of nitrogens with one attached hydrogen (secondary N) is 1. The van der Waals surface area contributed by atoms with Gasteiger partial charge in [-0.05, 0) is 30.2 Å². The summed E-state index contributed by atoms with van der Waals surface area (Å²) in [5.41, 5.74) is 3.90. The number of carbonyl (C=O) groups excluding carboxylic acids is 2. The topological polar surface area (TPSA) is 61.9 Å². The maximum Gasteiger partial charge on any atom is 0.259 e. The molecule has 1 saturated heterocycles. The molecule has 1 fully saturated rings. The summed E-state index contributed by atoms with van der Waals surface area (Å²) in [6, 6.07) is 15.2. The lowest BCUT2D eigenvalue weighted by molar-refractivity contribution is -0.116. The van der Waals surface area contributed by atoms with Crippen LogP contribution in [0.1, 0.15) is 21.5 Å². The summed E-state index contributed by atoms with van der Waals surface area (Å²) in [6.07, 6.45) is 0.967. The molecule has 6 nitrogen and oxygen atoms in total. The normalized spacial score (nSPS) is 16.8. The number of hydrogen-bond acceptors (Lipinski definition) is 4. The minimum absolute atomic E-state index is 0.0505. The first kappa shape index (κ1) is 19.4. The van der Waals surface area contributed by atoms with E-state index in [0.717, 1.165) is 50.5 Å². The van der Waals surface area contributed by atoms with Gasteiger partial charge in [0, 0.05) is 42.1 Å². The summed E-state index contributed by atoms with van der Waals surface area (Å²) in [5.74, 6) is -0.424. The van der Waals surface area contributed by atoms with Crippen molar-refractivity contribution in [1.82, 2.24) is 9.80 Å². The summed E-state index contributed by atoms with van der Waals surface area (Å²) in [7, 11) is 0. The Balaban J connectivity index is 1.30. The molecule has 0 bridgehead atoms. The second-order valence-electron chi connectivity index (χ2n) is 7.33. The molecule has 0 spiro atoms. The minimum atomic E-state index is -0.242. The third-order valence-electron chi connectivity index (χ3n) is 5.40. The third kappa shape index (κ3) is 4.39. The van der Waals surface area contributed by atoms with Crippen LogP contribution in [0.25, 0.3) is 5.70 Å². The van der Waals surface area contributed by atoms with E-state index in [4.69, 9.17) is 4.74 Å². The van der Waals surface area contributed by atoms with Crippen LogP contribution in [0, 0.1) is 0 Å². The van der Waals surface area contributed by atoms with Crippen molar-refractivity contribution in [1.29, 1.82) is 0 Å². The molecule has 2 amide bonds. The molecule has 2 aliphatic heterocycles. The van der Waals surface area contributed by atoms with Crippen molar-refractivity contribution in [3.05, 3.63) is 71.8 Å². The van der Waals surface area contributed by atoms with E-state index in [-0.39, 0.29) is 18.4 Å². The molecule has 0 radical (unpaired) electrons. The van der Waals surface area contributed by atoms with E-state index in [1.807, 2.05) is 42.5 Å². The van der Waals surface area contributed by atoms with Crippen molar-refractivity contribution >= 4 is 23.2 Å². The Hall–Kier alpha value is -2.96. The monoisotopic (exact) mass is 391 g/mol. The molecule has 2 aromatic carbocycles. The van der Waals surface area contributed by atoms with Crippen LogP contribution in [-0.4, -0.2) is 61.0 Å². The van der Waals surface area contributed by atoms with E-state index in [2.05, 4.69) is 16.8 Å². The number of morpholine rings is 1. The number of benzene rings is 2. The van der Waals surface area contributed by atoms with Crippen molar-refractivity contribution in [3.8, 4) is 0 Å². The van der Waals surface area contributed by atoms with E-state index in [0.29, 0.717) is 11.3 Å². The second kappa shape index (κ2) is 8.59. The zero-order valence-electron chi connectivity index (χ0n) is 16.4.